The van der Waals surface area contributed by atoms with Crippen molar-refractivity contribution in [1.82, 2.24) is 0 Å². The predicted molar refractivity (Wildman–Crippen MR) is 81.1 cm³/mol. The number of nitro groups is 1. The second-order valence-electron chi connectivity index (χ2n) is 4.46. The summed E-state index contributed by atoms with van der Waals surface area (Å²) in [5, 5.41) is 13.5. The monoisotopic (exact) mass is 309 g/mol. The average molecular weight is 310 g/mol. The zero-order chi connectivity index (χ0) is 15.4. The molecular weight excluding hydrogens is 297 g/mol. The zero-order valence-corrected chi connectivity index (χ0v) is 11.7. The summed E-state index contributed by atoms with van der Waals surface area (Å²) < 4.78 is 13.4. The Balaban J connectivity index is 2.07. The average Bonchev–Trinajstić information content (AvgIpc) is 2.44. The van der Waals surface area contributed by atoms with Crippen LogP contribution in [-0.2, 0) is 6.42 Å². The van der Waals surface area contributed by atoms with E-state index in [4.69, 9.17) is 17.3 Å². The van der Waals surface area contributed by atoms with Gasteiger partial charge in [0.2, 0.25) is 0 Å². The van der Waals surface area contributed by atoms with Gasteiger partial charge in [-0.3, -0.25) is 10.1 Å². The van der Waals surface area contributed by atoms with Crippen LogP contribution < -0.4 is 11.1 Å². The van der Waals surface area contributed by atoms with Crippen molar-refractivity contribution < 1.29 is 9.31 Å². The minimum Gasteiger partial charge on any atom is -0.399 e. The van der Waals surface area contributed by atoms with Gasteiger partial charge in [0.1, 0.15) is 11.5 Å². The minimum absolute atomic E-state index is 0.109. The van der Waals surface area contributed by atoms with Crippen molar-refractivity contribution in [2.45, 2.75) is 6.42 Å². The van der Waals surface area contributed by atoms with Gasteiger partial charge < -0.3 is 11.1 Å². The number of nitro benzene ring substituents is 1. The third-order valence-corrected chi connectivity index (χ3v) is 3.23. The Morgan fingerprint density at radius 2 is 1.95 bits per heavy atom. The van der Waals surface area contributed by atoms with Crippen LogP contribution in [0.15, 0.2) is 36.4 Å². The van der Waals surface area contributed by atoms with Crippen LogP contribution in [0, 0.1) is 15.9 Å². The Morgan fingerprint density at radius 3 is 2.57 bits per heavy atom. The van der Waals surface area contributed by atoms with E-state index in [1.54, 1.807) is 12.1 Å². The van der Waals surface area contributed by atoms with Gasteiger partial charge in [0, 0.05) is 24.4 Å². The van der Waals surface area contributed by atoms with Crippen LogP contribution in [0.4, 0.5) is 21.5 Å². The lowest BCUT2D eigenvalue weighted by molar-refractivity contribution is -0.384. The normalized spacial score (nSPS) is 10.4. The van der Waals surface area contributed by atoms with E-state index in [-0.39, 0.29) is 16.4 Å². The smallest absolute Gasteiger partial charge is 0.294 e. The van der Waals surface area contributed by atoms with Crippen molar-refractivity contribution in [3.63, 3.8) is 0 Å². The first-order valence-electron chi connectivity index (χ1n) is 6.19. The lowest BCUT2D eigenvalue weighted by Crippen LogP contribution is -2.07. The number of nitrogen functional groups attached to an aromatic ring is 1. The molecule has 0 aliphatic carbocycles. The van der Waals surface area contributed by atoms with E-state index < -0.39 is 10.7 Å². The molecule has 0 aliphatic heterocycles. The van der Waals surface area contributed by atoms with E-state index in [9.17, 15) is 14.5 Å². The van der Waals surface area contributed by atoms with Crippen LogP contribution in [0.5, 0.6) is 0 Å². The minimum atomic E-state index is -0.697. The number of halogens is 2. The number of hydrogen-bond donors (Lipinski definition) is 2. The summed E-state index contributed by atoms with van der Waals surface area (Å²) in [6.07, 6.45) is 0.627. The molecule has 0 bridgehead atoms. The summed E-state index contributed by atoms with van der Waals surface area (Å²) in [6.45, 7) is 0.422. The quantitative estimate of drug-likeness (QED) is 0.502. The SMILES string of the molecule is Nc1ccc(CCNc2cc(F)c(Cl)cc2[N+](=O)[O-])cc1. The molecule has 0 atom stereocenters. The van der Waals surface area contributed by atoms with E-state index in [1.807, 2.05) is 12.1 Å². The Hall–Kier alpha value is -2.34. The summed E-state index contributed by atoms with van der Waals surface area (Å²) in [6, 6.07) is 9.33. The van der Waals surface area contributed by atoms with Gasteiger partial charge in [-0.15, -0.1) is 0 Å². The Bertz CT molecular complexity index is 662. The molecule has 7 heteroatoms. The fraction of sp³-hybridized carbons (Fsp3) is 0.143. The first-order chi connectivity index (χ1) is 9.97. The molecule has 0 heterocycles. The maximum atomic E-state index is 13.4. The van der Waals surface area contributed by atoms with Crippen molar-refractivity contribution in [2.24, 2.45) is 0 Å². The van der Waals surface area contributed by atoms with E-state index in [0.717, 1.165) is 17.7 Å². The lowest BCUT2D eigenvalue weighted by Gasteiger charge is -2.08. The van der Waals surface area contributed by atoms with Crippen molar-refractivity contribution in [3.05, 3.63) is 62.9 Å². The van der Waals surface area contributed by atoms with Crippen molar-refractivity contribution in [2.75, 3.05) is 17.6 Å². The number of hydrogen-bond acceptors (Lipinski definition) is 4. The highest BCUT2D eigenvalue weighted by atomic mass is 35.5. The van der Waals surface area contributed by atoms with Crippen LogP contribution in [0.25, 0.3) is 0 Å². The van der Waals surface area contributed by atoms with Crippen LogP contribution >= 0.6 is 11.6 Å². The first kappa shape index (κ1) is 15.1. The zero-order valence-electron chi connectivity index (χ0n) is 11.0. The summed E-state index contributed by atoms with van der Waals surface area (Å²) in [5.74, 6) is -0.697. The number of nitrogens with one attached hydrogen (secondary N) is 1. The fourth-order valence-corrected chi connectivity index (χ4v) is 2.01. The second kappa shape index (κ2) is 6.41. The summed E-state index contributed by atoms with van der Waals surface area (Å²) in [5.41, 5.74) is 7.13. The molecule has 2 rings (SSSR count). The maximum Gasteiger partial charge on any atom is 0.294 e. The Kier molecular flexibility index (Phi) is 4.59. The van der Waals surface area contributed by atoms with Gasteiger partial charge in [0.25, 0.3) is 5.69 Å². The van der Waals surface area contributed by atoms with Gasteiger partial charge >= 0.3 is 0 Å². The standard InChI is InChI=1S/C14H13ClFN3O2/c15-11-7-14(19(20)21)13(8-12(11)16)18-6-5-9-1-3-10(17)4-2-9/h1-4,7-8,18H,5-6,17H2. The van der Waals surface area contributed by atoms with Gasteiger partial charge in [0.15, 0.2) is 0 Å². The molecule has 2 aromatic rings. The lowest BCUT2D eigenvalue weighted by atomic mass is 10.1. The molecule has 0 saturated heterocycles. The molecule has 0 amide bonds. The fourth-order valence-electron chi connectivity index (χ4n) is 1.85. The van der Waals surface area contributed by atoms with Crippen molar-refractivity contribution >= 4 is 28.7 Å². The van der Waals surface area contributed by atoms with Gasteiger partial charge in [-0.05, 0) is 24.1 Å². The highest BCUT2D eigenvalue weighted by Gasteiger charge is 2.17. The second-order valence-corrected chi connectivity index (χ2v) is 4.87. The molecule has 0 spiro atoms. The number of nitrogens with zero attached hydrogens (tertiary/aromatic N) is 1. The number of rotatable bonds is 5. The van der Waals surface area contributed by atoms with Crippen molar-refractivity contribution in [1.29, 1.82) is 0 Å². The molecule has 0 aliphatic rings. The number of anilines is 2. The molecule has 3 N–H and O–H groups in total. The molecule has 0 aromatic heterocycles. The first-order valence-corrected chi connectivity index (χ1v) is 6.57. The van der Waals surface area contributed by atoms with Gasteiger partial charge in [0.05, 0.1) is 9.95 Å². The van der Waals surface area contributed by atoms with E-state index in [1.165, 1.54) is 0 Å². The summed E-state index contributed by atoms with van der Waals surface area (Å²) in [7, 11) is 0. The largest absolute Gasteiger partial charge is 0.399 e. The Morgan fingerprint density at radius 1 is 1.29 bits per heavy atom. The predicted octanol–water partition coefficient (Wildman–Crippen LogP) is 3.62. The highest BCUT2D eigenvalue weighted by molar-refractivity contribution is 6.31. The molecule has 0 radical (unpaired) electrons. The molecule has 0 fully saturated rings. The topological polar surface area (TPSA) is 81.2 Å². The molecule has 110 valence electrons. The summed E-state index contributed by atoms with van der Waals surface area (Å²) in [4.78, 5) is 10.3. The Labute approximate surface area is 125 Å². The van der Waals surface area contributed by atoms with Gasteiger partial charge in [-0.25, -0.2) is 4.39 Å². The maximum absolute atomic E-state index is 13.4. The molecule has 0 saturated carbocycles. The molecule has 21 heavy (non-hydrogen) atoms. The van der Waals surface area contributed by atoms with E-state index in [2.05, 4.69) is 5.32 Å². The molecule has 5 nitrogen and oxygen atoms in total. The van der Waals surface area contributed by atoms with Crippen molar-refractivity contribution in [3.8, 4) is 0 Å². The molecule has 0 unspecified atom stereocenters. The van der Waals surface area contributed by atoms with Crippen LogP contribution in [0.2, 0.25) is 5.02 Å². The van der Waals surface area contributed by atoms with Gasteiger partial charge in [-0.1, -0.05) is 23.7 Å². The highest BCUT2D eigenvalue weighted by Crippen LogP contribution is 2.30. The third kappa shape index (κ3) is 3.82. The number of nitrogens with two attached hydrogens (primary N) is 1. The van der Waals surface area contributed by atoms with Crippen LogP contribution in [0.1, 0.15) is 5.56 Å². The summed E-state index contributed by atoms with van der Waals surface area (Å²) >= 11 is 5.56. The van der Waals surface area contributed by atoms with Gasteiger partial charge in [-0.2, -0.15) is 0 Å². The number of benzene rings is 2. The van der Waals surface area contributed by atoms with E-state index in [0.29, 0.717) is 18.7 Å². The van der Waals surface area contributed by atoms with E-state index >= 15 is 0 Å². The molecule has 2 aromatic carbocycles. The van der Waals surface area contributed by atoms with Crippen LogP contribution in [-0.4, -0.2) is 11.5 Å². The third-order valence-electron chi connectivity index (χ3n) is 2.94. The van der Waals surface area contributed by atoms with Crippen LogP contribution in [0.3, 0.4) is 0 Å². The molecular formula is C14H13ClFN3O2.